The Morgan fingerprint density at radius 1 is 0.750 bits per heavy atom. The average Bonchev–Trinajstić information content (AvgIpc) is 2.58. The van der Waals surface area contributed by atoms with Crippen molar-refractivity contribution in [3.63, 3.8) is 0 Å². The normalized spacial score (nSPS) is 11.2. The second-order valence-corrected chi connectivity index (χ2v) is 7.62. The zero-order valence-electron chi connectivity index (χ0n) is 13.1. The van der Waals surface area contributed by atoms with Gasteiger partial charge in [-0.25, -0.2) is 12.7 Å². The van der Waals surface area contributed by atoms with Crippen LogP contribution < -0.4 is 4.31 Å². The maximum atomic E-state index is 13.2. The van der Waals surface area contributed by atoms with Gasteiger partial charge in [0, 0.05) is 5.02 Å². The van der Waals surface area contributed by atoms with Crippen LogP contribution in [0.25, 0.3) is 0 Å². The maximum Gasteiger partial charge on any atom is 0.268 e. The van der Waals surface area contributed by atoms with E-state index in [1.54, 1.807) is 60.7 Å². The molecule has 0 N–H and O–H groups in total. The summed E-state index contributed by atoms with van der Waals surface area (Å²) in [4.78, 5) is 0.243. The topological polar surface area (TPSA) is 37.4 Å². The van der Waals surface area contributed by atoms with Gasteiger partial charge in [0.05, 0.1) is 16.3 Å². The Bertz CT molecular complexity index is 921. The zero-order valence-corrected chi connectivity index (χ0v) is 14.6. The summed E-state index contributed by atoms with van der Waals surface area (Å²) in [5.74, 6) is 0. The van der Waals surface area contributed by atoms with E-state index < -0.39 is 10.0 Å². The van der Waals surface area contributed by atoms with Crippen LogP contribution in [-0.4, -0.2) is 8.42 Å². The number of halogens is 1. The van der Waals surface area contributed by atoms with Crippen LogP contribution in [0.2, 0.25) is 5.02 Å². The van der Waals surface area contributed by atoms with E-state index >= 15 is 0 Å². The molecule has 0 aromatic heterocycles. The standard InChI is InChI=1S/C19H16ClNO2S/c1-15-7-13-19(14-8-15)24(22,23)21(17-5-3-2-4-6-17)18-11-9-16(20)10-12-18/h2-14H,1H3. The highest BCUT2D eigenvalue weighted by Gasteiger charge is 2.26. The summed E-state index contributed by atoms with van der Waals surface area (Å²) < 4.78 is 27.8. The van der Waals surface area contributed by atoms with Crippen molar-refractivity contribution in [2.75, 3.05) is 4.31 Å². The molecule has 3 nitrogen and oxygen atoms in total. The molecule has 5 heteroatoms. The summed E-state index contributed by atoms with van der Waals surface area (Å²) >= 11 is 5.94. The van der Waals surface area contributed by atoms with Crippen LogP contribution in [0.1, 0.15) is 5.56 Å². The van der Waals surface area contributed by atoms with Gasteiger partial charge < -0.3 is 0 Å². The first-order chi connectivity index (χ1) is 11.5. The average molecular weight is 358 g/mol. The van der Waals surface area contributed by atoms with Crippen LogP contribution in [0, 0.1) is 6.92 Å². The quantitative estimate of drug-likeness (QED) is 0.645. The smallest absolute Gasteiger partial charge is 0.235 e. The Balaban J connectivity index is 2.17. The van der Waals surface area contributed by atoms with Gasteiger partial charge in [0.25, 0.3) is 10.0 Å². The van der Waals surface area contributed by atoms with Crippen LogP contribution in [0.15, 0.2) is 83.8 Å². The van der Waals surface area contributed by atoms with Gasteiger partial charge in [0.15, 0.2) is 0 Å². The molecule has 0 heterocycles. The molecule has 0 aliphatic heterocycles. The summed E-state index contributed by atoms with van der Waals surface area (Å²) in [6.45, 7) is 1.92. The lowest BCUT2D eigenvalue weighted by atomic mass is 10.2. The largest absolute Gasteiger partial charge is 0.268 e. The summed E-state index contributed by atoms with van der Waals surface area (Å²) in [6, 6.07) is 22.6. The van der Waals surface area contributed by atoms with E-state index in [4.69, 9.17) is 11.6 Å². The van der Waals surface area contributed by atoms with Gasteiger partial charge >= 0.3 is 0 Å². The third-order valence-electron chi connectivity index (χ3n) is 3.61. The van der Waals surface area contributed by atoms with Crippen molar-refractivity contribution in [2.45, 2.75) is 11.8 Å². The van der Waals surface area contributed by atoms with Crippen LogP contribution >= 0.6 is 11.6 Å². The fraction of sp³-hybridized carbons (Fsp3) is 0.0526. The SMILES string of the molecule is Cc1ccc(S(=O)(=O)N(c2ccccc2)c2ccc(Cl)cc2)cc1. The van der Waals surface area contributed by atoms with Crippen molar-refractivity contribution in [1.82, 2.24) is 0 Å². The second kappa shape index (κ2) is 6.67. The maximum absolute atomic E-state index is 13.2. The molecule has 0 bridgehead atoms. The van der Waals surface area contributed by atoms with Gasteiger partial charge in [-0.3, -0.25) is 0 Å². The predicted molar refractivity (Wildman–Crippen MR) is 98.4 cm³/mol. The lowest BCUT2D eigenvalue weighted by Crippen LogP contribution is -2.26. The van der Waals surface area contributed by atoms with Crippen molar-refractivity contribution >= 4 is 33.0 Å². The molecule has 0 spiro atoms. The van der Waals surface area contributed by atoms with Crippen molar-refractivity contribution in [3.8, 4) is 0 Å². The van der Waals surface area contributed by atoms with E-state index in [0.29, 0.717) is 16.4 Å². The molecule has 0 unspecified atom stereocenters. The fourth-order valence-corrected chi connectivity index (χ4v) is 4.00. The minimum atomic E-state index is -3.75. The molecule has 0 radical (unpaired) electrons. The molecule has 0 aliphatic rings. The number of hydrogen-bond donors (Lipinski definition) is 0. The molecule has 0 aliphatic carbocycles. The zero-order chi connectivity index (χ0) is 17.2. The number of sulfonamides is 1. The molecule has 0 atom stereocenters. The van der Waals surface area contributed by atoms with E-state index in [-0.39, 0.29) is 4.90 Å². The van der Waals surface area contributed by atoms with Gasteiger partial charge in [-0.05, 0) is 55.5 Å². The third kappa shape index (κ3) is 3.30. The van der Waals surface area contributed by atoms with Crippen LogP contribution in [0.4, 0.5) is 11.4 Å². The number of aryl methyl sites for hydroxylation is 1. The van der Waals surface area contributed by atoms with Crippen LogP contribution in [-0.2, 0) is 10.0 Å². The van der Waals surface area contributed by atoms with Crippen molar-refractivity contribution < 1.29 is 8.42 Å². The molecule has 3 aromatic carbocycles. The van der Waals surface area contributed by atoms with Crippen molar-refractivity contribution in [3.05, 3.63) is 89.4 Å². The van der Waals surface area contributed by atoms with Crippen LogP contribution in [0.3, 0.4) is 0 Å². The van der Waals surface area contributed by atoms with E-state index in [1.165, 1.54) is 4.31 Å². The van der Waals surface area contributed by atoms with Gasteiger partial charge in [-0.2, -0.15) is 0 Å². The highest BCUT2D eigenvalue weighted by atomic mass is 35.5. The summed E-state index contributed by atoms with van der Waals surface area (Å²) in [6.07, 6.45) is 0. The molecule has 0 saturated carbocycles. The Labute approximate surface area is 147 Å². The summed E-state index contributed by atoms with van der Waals surface area (Å²) in [5.41, 5.74) is 2.11. The molecule has 0 fully saturated rings. The molecule has 0 saturated heterocycles. The first-order valence-corrected chi connectivity index (χ1v) is 9.23. The predicted octanol–water partition coefficient (Wildman–Crippen LogP) is 5.18. The molecule has 24 heavy (non-hydrogen) atoms. The molecule has 3 rings (SSSR count). The Hall–Kier alpha value is -2.30. The molecular weight excluding hydrogens is 342 g/mol. The number of benzene rings is 3. The molecule has 3 aromatic rings. The fourth-order valence-electron chi connectivity index (χ4n) is 2.38. The number of anilines is 2. The summed E-state index contributed by atoms with van der Waals surface area (Å²) in [7, 11) is -3.75. The minimum absolute atomic E-state index is 0.243. The lowest BCUT2D eigenvalue weighted by Gasteiger charge is -2.24. The molecule has 122 valence electrons. The Morgan fingerprint density at radius 2 is 1.29 bits per heavy atom. The monoisotopic (exact) mass is 357 g/mol. The van der Waals surface area contributed by atoms with Gasteiger partial charge in [0.2, 0.25) is 0 Å². The first-order valence-electron chi connectivity index (χ1n) is 7.41. The molecular formula is C19H16ClNO2S. The number of hydrogen-bond acceptors (Lipinski definition) is 2. The lowest BCUT2D eigenvalue weighted by molar-refractivity contribution is 0.596. The van der Waals surface area contributed by atoms with Crippen LogP contribution in [0.5, 0.6) is 0 Å². The Kier molecular flexibility index (Phi) is 4.60. The van der Waals surface area contributed by atoms with E-state index in [1.807, 2.05) is 25.1 Å². The van der Waals surface area contributed by atoms with Crippen molar-refractivity contribution in [2.24, 2.45) is 0 Å². The highest BCUT2D eigenvalue weighted by molar-refractivity contribution is 7.93. The van der Waals surface area contributed by atoms with Gasteiger partial charge in [-0.1, -0.05) is 47.5 Å². The first kappa shape index (κ1) is 16.6. The highest BCUT2D eigenvalue weighted by Crippen LogP contribution is 2.32. The Morgan fingerprint density at radius 3 is 1.88 bits per heavy atom. The van der Waals surface area contributed by atoms with E-state index in [0.717, 1.165) is 5.56 Å². The van der Waals surface area contributed by atoms with Crippen molar-refractivity contribution in [1.29, 1.82) is 0 Å². The van der Waals surface area contributed by atoms with Gasteiger partial charge in [-0.15, -0.1) is 0 Å². The second-order valence-electron chi connectivity index (χ2n) is 5.39. The summed E-state index contributed by atoms with van der Waals surface area (Å²) in [5, 5.41) is 0.555. The van der Waals surface area contributed by atoms with Gasteiger partial charge in [0.1, 0.15) is 0 Å². The number of rotatable bonds is 4. The van der Waals surface area contributed by atoms with E-state index in [9.17, 15) is 8.42 Å². The minimum Gasteiger partial charge on any atom is -0.235 e. The number of nitrogens with zero attached hydrogens (tertiary/aromatic N) is 1. The number of para-hydroxylation sites is 1. The third-order valence-corrected chi connectivity index (χ3v) is 5.63. The van der Waals surface area contributed by atoms with E-state index in [2.05, 4.69) is 0 Å². The molecule has 0 amide bonds.